The Morgan fingerprint density at radius 3 is 2.31 bits per heavy atom. The van der Waals surface area contributed by atoms with Gasteiger partial charge in [-0.15, -0.1) is 0 Å². The molecule has 0 atom stereocenters. The van der Waals surface area contributed by atoms with Crippen LogP contribution in [0.25, 0.3) is 6.08 Å². The standard InChI is InChI=1S/C22H25N3O/c1-3-25(4-2)21-12-10-19(11-13-21)16-20(17-23)22(26)24-15-14-18-8-6-5-7-9-18/h5-13,16H,3-4,14-15H2,1-2H3,(H,24,26)/b20-16-. The molecule has 0 aliphatic carbocycles. The van der Waals surface area contributed by atoms with Gasteiger partial charge in [0.15, 0.2) is 0 Å². The largest absolute Gasteiger partial charge is 0.372 e. The molecule has 0 saturated heterocycles. The Hall–Kier alpha value is -3.06. The van der Waals surface area contributed by atoms with Crippen LogP contribution >= 0.6 is 0 Å². The number of nitriles is 1. The number of hydrogen-bond donors (Lipinski definition) is 1. The van der Waals surface area contributed by atoms with Crippen LogP contribution in [0, 0.1) is 11.3 Å². The monoisotopic (exact) mass is 347 g/mol. The number of benzene rings is 2. The minimum atomic E-state index is -0.337. The van der Waals surface area contributed by atoms with E-state index in [-0.39, 0.29) is 11.5 Å². The first kappa shape index (κ1) is 19.3. The second kappa shape index (κ2) is 10.0. The van der Waals surface area contributed by atoms with Crippen LogP contribution < -0.4 is 10.2 Å². The first-order valence-electron chi connectivity index (χ1n) is 8.96. The third-order valence-electron chi connectivity index (χ3n) is 4.24. The van der Waals surface area contributed by atoms with Crippen molar-refractivity contribution in [2.24, 2.45) is 0 Å². The van der Waals surface area contributed by atoms with Crippen molar-refractivity contribution >= 4 is 17.7 Å². The summed E-state index contributed by atoms with van der Waals surface area (Å²) in [5.74, 6) is -0.337. The zero-order valence-corrected chi connectivity index (χ0v) is 15.4. The smallest absolute Gasteiger partial charge is 0.261 e. The van der Waals surface area contributed by atoms with Crippen molar-refractivity contribution in [3.63, 3.8) is 0 Å². The van der Waals surface area contributed by atoms with Gasteiger partial charge < -0.3 is 10.2 Å². The molecule has 2 rings (SSSR count). The third kappa shape index (κ3) is 5.49. The van der Waals surface area contributed by atoms with E-state index in [9.17, 15) is 10.1 Å². The van der Waals surface area contributed by atoms with E-state index in [0.717, 1.165) is 36.3 Å². The van der Waals surface area contributed by atoms with Crippen LogP contribution in [-0.4, -0.2) is 25.5 Å². The molecular formula is C22H25N3O. The highest BCUT2D eigenvalue weighted by Crippen LogP contribution is 2.16. The van der Waals surface area contributed by atoms with Gasteiger partial charge in [0.2, 0.25) is 0 Å². The molecule has 0 spiro atoms. The average molecular weight is 347 g/mol. The molecule has 0 heterocycles. The van der Waals surface area contributed by atoms with E-state index in [1.807, 2.05) is 60.7 Å². The fourth-order valence-electron chi connectivity index (χ4n) is 2.75. The molecule has 4 heteroatoms. The molecule has 0 fully saturated rings. The van der Waals surface area contributed by atoms with Crippen LogP contribution in [-0.2, 0) is 11.2 Å². The van der Waals surface area contributed by atoms with E-state index < -0.39 is 0 Å². The maximum absolute atomic E-state index is 12.2. The summed E-state index contributed by atoms with van der Waals surface area (Å²) >= 11 is 0. The number of hydrogen-bond acceptors (Lipinski definition) is 3. The Labute approximate surface area is 155 Å². The first-order chi connectivity index (χ1) is 12.7. The van der Waals surface area contributed by atoms with E-state index in [1.165, 1.54) is 0 Å². The molecular weight excluding hydrogens is 322 g/mol. The van der Waals surface area contributed by atoms with Gasteiger partial charge in [0.25, 0.3) is 5.91 Å². The first-order valence-corrected chi connectivity index (χ1v) is 8.96. The van der Waals surface area contributed by atoms with E-state index in [2.05, 4.69) is 24.1 Å². The van der Waals surface area contributed by atoms with Gasteiger partial charge in [0, 0.05) is 25.3 Å². The maximum atomic E-state index is 12.2. The lowest BCUT2D eigenvalue weighted by Crippen LogP contribution is -2.26. The molecule has 2 aromatic rings. The zero-order chi connectivity index (χ0) is 18.8. The van der Waals surface area contributed by atoms with Gasteiger partial charge >= 0.3 is 0 Å². The molecule has 2 aromatic carbocycles. The number of amides is 1. The summed E-state index contributed by atoms with van der Waals surface area (Å²) in [7, 11) is 0. The van der Waals surface area contributed by atoms with E-state index >= 15 is 0 Å². The average Bonchev–Trinajstić information content (AvgIpc) is 2.69. The van der Waals surface area contributed by atoms with Gasteiger partial charge in [-0.2, -0.15) is 5.26 Å². The minimum absolute atomic E-state index is 0.119. The van der Waals surface area contributed by atoms with E-state index in [0.29, 0.717) is 6.54 Å². The summed E-state index contributed by atoms with van der Waals surface area (Å²) in [4.78, 5) is 14.5. The predicted octanol–water partition coefficient (Wildman–Crippen LogP) is 3.80. The summed E-state index contributed by atoms with van der Waals surface area (Å²) in [5.41, 5.74) is 3.25. The van der Waals surface area contributed by atoms with E-state index in [1.54, 1.807) is 6.08 Å². The van der Waals surface area contributed by atoms with Crippen molar-refractivity contribution in [1.82, 2.24) is 5.32 Å². The molecule has 0 aromatic heterocycles. The Bertz CT molecular complexity index is 769. The fraction of sp³-hybridized carbons (Fsp3) is 0.273. The van der Waals surface area contributed by atoms with Gasteiger partial charge in [-0.25, -0.2) is 0 Å². The minimum Gasteiger partial charge on any atom is -0.372 e. The van der Waals surface area contributed by atoms with E-state index in [4.69, 9.17) is 0 Å². The third-order valence-corrected chi connectivity index (χ3v) is 4.24. The highest BCUT2D eigenvalue weighted by molar-refractivity contribution is 6.01. The highest BCUT2D eigenvalue weighted by atomic mass is 16.1. The molecule has 134 valence electrons. The van der Waals surface area contributed by atoms with Gasteiger partial charge in [-0.1, -0.05) is 42.5 Å². The number of nitrogens with zero attached hydrogens (tertiary/aromatic N) is 2. The number of carbonyl (C=O) groups excluding carboxylic acids is 1. The fourth-order valence-corrected chi connectivity index (χ4v) is 2.75. The summed E-state index contributed by atoms with van der Waals surface area (Å²) < 4.78 is 0. The van der Waals surface area contributed by atoms with Crippen LogP contribution in [0.3, 0.4) is 0 Å². The van der Waals surface area contributed by atoms with Gasteiger partial charge in [-0.3, -0.25) is 4.79 Å². The number of carbonyl (C=O) groups is 1. The summed E-state index contributed by atoms with van der Waals surface area (Å²) in [6.07, 6.45) is 2.37. The van der Waals surface area contributed by atoms with Gasteiger partial charge in [0.05, 0.1) is 0 Å². The van der Waals surface area contributed by atoms with Crippen molar-refractivity contribution in [1.29, 1.82) is 5.26 Å². The van der Waals surface area contributed by atoms with Crippen LogP contribution in [0.2, 0.25) is 0 Å². The molecule has 0 unspecified atom stereocenters. The van der Waals surface area contributed by atoms with Crippen molar-refractivity contribution in [3.05, 3.63) is 71.3 Å². The number of nitrogens with one attached hydrogen (secondary N) is 1. The summed E-state index contributed by atoms with van der Waals surface area (Å²) in [5, 5.41) is 12.1. The zero-order valence-electron chi connectivity index (χ0n) is 15.4. The second-order valence-corrected chi connectivity index (χ2v) is 5.93. The maximum Gasteiger partial charge on any atom is 0.261 e. The molecule has 1 amide bonds. The molecule has 0 bridgehead atoms. The predicted molar refractivity (Wildman–Crippen MR) is 107 cm³/mol. The van der Waals surface area contributed by atoms with Gasteiger partial charge in [-0.05, 0) is 49.6 Å². The lowest BCUT2D eigenvalue weighted by molar-refractivity contribution is -0.117. The van der Waals surface area contributed by atoms with Crippen molar-refractivity contribution in [3.8, 4) is 6.07 Å². The Kier molecular flexibility index (Phi) is 7.45. The van der Waals surface area contributed by atoms with Crippen LogP contribution in [0.4, 0.5) is 5.69 Å². The van der Waals surface area contributed by atoms with Gasteiger partial charge in [0.1, 0.15) is 11.6 Å². The molecule has 4 nitrogen and oxygen atoms in total. The topological polar surface area (TPSA) is 56.1 Å². The molecule has 0 aliphatic heterocycles. The second-order valence-electron chi connectivity index (χ2n) is 5.93. The Balaban J connectivity index is 1.98. The summed E-state index contributed by atoms with van der Waals surface area (Å²) in [6, 6.07) is 19.8. The molecule has 0 aliphatic rings. The molecule has 1 N–H and O–H groups in total. The molecule has 0 saturated carbocycles. The Morgan fingerprint density at radius 1 is 1.08 bits per heavy atom. The number of anilines is 1. The quantitative estimate of drug-likeness (QED) is 0.584. The van der Waals surface area contributed by atoms with Crippen LogP contribution in [0.1, 0.15) is 25.0 Å². The molecule has 26 heavy (non-hydrogen) atoms. The normalized spacial score (nSPS) is 10.9. The van der Waals surface area contributed by atoms with Crippen LogP contribution in [0.15, 0.2) is 60.2 Å². The van der Waals surface area contributed by atoms with Crippen molar-refractivity contribution in [2.45, 2.75) is 20.3 Å². The van der Waals surface area contributed by atoms with Crippen molar-refractivity contribution in [2.75, 3.05) is 24.5 Å². The van der Waals surface area contributed by atoms with Crippen molar-refractivity contribution < 1.29 is 4.79 Å². The highest BCUT2D eigenvalue weighted by Gasteiger charge is 2.09. The SMILES string of the molecule is CCN(CC)c1ccc(/C=C(/C#N)C(=O)NCCc2ccccc2)cc1. The summed E-state index contributed by atoms with van der Waals surface area (Å²) in [6.45, 7) is 6.62. The molecule has 0 radical (unpaired) electrons. The Morgan fingerprint density at radius 2 is 1.73 bits per heavy atom. The number of rotatable bonds is 8. The lowest BCUT2D eigenvalue weighted by atomic mass is 10.1. The lowest BCUT2D eigenvalue weighted by Gasteiger charge is -2.20. The van der Waals surface area contributed by atoms with Crippen LogP contribution in [0.5, 0.6) is 0 Å².